The molecule has 128 valence electrons. The van der Waals surface area contributed by atoms with E-state index >= 15 is 0 Å². The average Bonchev–Trinajstić information content (AvgIpc) is 2.66. The van der Waals surface area contributed by atoms with Crippen molar-refractivity contribution in [1.29, 1.82) is 0 Å². The molecule has 0 saturated heterocycles. The Bertz CT molecular complexity index is 1060. The van der Waals surface area contributed by atoms with E-state index in [9.17, 15) is 0 Å². The first-order chi connectivity index (χ1) is 12.7. The Kier molecular flexibility index (Phi) is 4.19. The molecule has 4 aromatic rings. The summed E-state index contributed by atoms with van der Waals surface area (Å²) in [6, 6.07) is 17.7. The maximum atomic E-state index is 5.92. The fraction of sp³-hybridized carbons (Fsp3) is 0.0952. The van der Waals surface area contributed by atoms with Gasteiger partial charge < -0.3 is 10.1 Å². The van der Waals surface area contributed by atoms with Gasteiger partial charge in [0, 0.05) is 16.8 Å². The van der Waals surface area contributed by atoms with Crippen molar-refractivity contribution in [3.8, 4) is 11.5 Å². The first-order valence-electron chi connectivity index (χ1n) is 8.37. The van der Waals surface area contributed by atoms with Crippen LogP contribution in [-0.4, -0.2) is 15.0 Å². The summed E-state index contributed by atoms with van der Waals surface area (Å²) >= 11 is 0. The zero-order valence-electron chi connectivity index (χ0n) is 14.6. The highest BCUT2D eigenvalue weighted by molar-refractivity contribution is 5.90. The van der Waals surface area contributed by atoms with Crippen LogP contribution in [0.2, 0.25) is 0 Å². The molecule has 0 aliphatic heterocycles. The zero-order valence-corrected chi connectivity index (χ0v) is 14.6. The number of rotatable bonds is 4. The van der Waals surface area contributed by atoms with Crippen molar-refractivity contribution >= 4 is 22.4 Å². The number of pyridine rings is 1. The van der Waals surface area contributed by atoms with Gasteiger partial charge in [0.15, 0.2) is 0 Å². The zero-order chi connectivity index (χ0) is 17.9. The summed E-state index contributed by atoms with van der Waals surface area (Å²) in [5, 5.41) is 4.35. The molecule has 2 heterocycles. The molecule has 0 aliphatic rings. The molecule has 2 aromatic heterocycles. The second kappa shape index (κ2) is 6.80. The highest BCUT2D eigenvalue weighted by atomic mass is 16.5. The monoisotopic (exact) mass is 342 g/mol. The first kappa shape index (κ1) is 16.0. The Labute approximate surface area is 151 Å². The number of aromatic nitrogens is 3. The summed E-state index contributed by atoms with van der Waals surface area (Å²) in [6.07, 6.45) is 3.30. The van der Waals surface area contributed by atoms with Gasteiger partial charge in [-0.3, -0.25) is 4.98 Å². The molecule has 5 nitrogen and oxygen atoms in total. The number of nitrogens with one attached hydrogen (secondary N) is 1. The second-order valence-corrected chi connectivity index (χ2v) is 6.08. The highest BCUT2D eigenvalue weighted by Crippen LogP contribution is 2.29. The third-order valence-corrected chi connectivity index (χ3v) is 4.09. The van der Waals surface area contributed by atoms with Crippen molar-refractivity contribution < 1.29 is 4.74 Å². The molecular weight excluding hydrogens is 324 g/mol. The molecule has 0 unspecified atom stereocenters. The standard InChI is InChI=1S/C21H18N4O/c1-14-11-16(8-10-20(14)26-17-9-7-15(2)22-12-17)25-21-18-5-3-4-6-19(18)23-13-24-21/h3-13H,1-2H3,(H,23,24,25). The van der Waals surface area contributed by atoms with Gasteiger partial charge in [0.2, 0.25) is 0 Å². The predicted octanol–water partition coefficient (Wildman–Crippen LogP) is 5.18. The van der Waals surface area contributed by atoms with Crippen LogP contribution < -0.4 is 10.1 Å². The number of hydrogen-bond donors (Lipinski definition) is 1. The summed E-state index contributed by atoms with van der Waals surface area (Å²) in [5.74, 6) is 2.31. The summed E-state index contributed by atoms with van der Waals surface area (Å²) in [7, 11) is 0. The number of nitrogens with zero attached hydrogens (tertiary/aromatic N) is 3. The van der Waals surface area contributed by atoms with Crippen molar-refractivity contribution in [1.82, 2.24) is 15.0 Å². The molecule has 0 fully saturated rings. The number of benzene rings is 2. The Morgan fingerprint density at radius 2 is 1.77 bits per heavy atom. The molecule has 26 heavy (non-hydrogen) atoms. The predicted molar refractivity (Wildman–Crippen MR) is 103 cm³/mol. The third-order valence-electron chi connectivity index (χ3n) is 4.09. The molecule has 1 N–H and O–H groups in total. The van der Waals surface area contributed by atoms with Crippen LogP contribution in [0.3, 0.4) is 0 Å². The number of anilines is 2. The van der Waals surface area contributed by atoms with Crippen LogP contribution in [0.15, 0.2) is 67.1 Å². The van der Waals surface area contributed by atoms with Crippen molar-refractivity contribution in [3.05, 3.63) is 78.4 Å². The third kappa shape index (κ3) is 3.32. The van der Waals surface area contributed by atoms with Crippen LogP contribution in [0, 0.1) is 13.8 Å². The molecule has 5 heteroatoms. The van der Waals surface area contributed by atoms with E-state index in [2.05, 4.69) is 20.3 Å². The minimum absolute atomic E-state index is 0.723. The first-order valence-corrected chi connectivity index (χ1v) is 8.37. The van der Waals surface area contributed by atoms with E-state index in [1.165, 1.54) is 0 Å². The average molecular weight is 342 g/mol. The quantitative estimate of drug-likeness (QED) is 0.554. The molecule has 0 bridgehead atoms. The number of hydrogen-bond acceptors (Lipinski definition) is 5. The molecule has 0 atom stereocenters. The normalized spacial score (nSPS) is 10.7. The number of aryl methyl sites for hydroxylation is 2. The van der Waals surface area contributed by atoms with Gasteiger partial charge in [0.25, 0.3) is 0 Å². The lowest BCUT2D eigenvalue weighted by molar-refractivity contribution is 0.476. The topological polar surface area (TPSA) is 59.9 Å². The number of ether oxygens (including phenoxy) is 1. The van der Waals surface area contributed by atoms with Gasteiger partial charge in [-0.1, -0.05) is 12.1 Å². The molecule has 2 aromatic carbocycles. The van der Waals surface area contributed by atoms with Crippen LogP contribution in [0.5, 0.6) is 11.5 Å². The number of fused-ring (bicyclic) bond motifs is 1. The van der Waals surface area contributed by atoms with Crippen LogP contribution in [-0.2, 0) is 0 Å². The Balaban J connectivity index is 1.58. The van der Waals surface area contributed by atoms with Gasteiger partial charge in [-0.05, 0) is 61.9 Å². The molecular formula is C21H18N4O. The lowest BCUT2D eigenvalue weighted by atomic mass is 10.2. The van der Waals surface area contributed by atoms with Gasteiger partial charge in [0.05, 0.1) is 11.7 Å². The Morgan fingerprint density at radius 3 is 2.58 bits per heavy atom. The molecule has 0 radical (unpaired) electrons. The van der Waals surface area contributed by atoms with Gasteiger partial charge in [-0.25, -0.2) is 9.97 Å². The Morgan fingerprint density at radius 1 is 0.885 bits per heavy atom. The Hall–Kier alpha value is -3.47. The maximum Gasteiger partial charge on any atom is 0.145 e. The molecule has 0 spiro atoms. The lowest BCUT2D eigenvalue weighted by Gasteiger charge is -2.12. The minimum atomic E-state index is 0.723. The largest absolute Gasteiger partial charge is 0.455 e. The summed E-state index contributed by atoms with van der Waals surface area (Å²) in [4.78, 5) is 12.9. The van der Waals surface area contributed by atoms with Crippen LogP contribution >= 0.6 is 0 Å². The van der Waals surface area contributed by atoms with Gasteiger partial charge in [0.1, 0.15) is 23.6 Å². The van der Waals surface area contributed by atoms with Crippen LogP contribution in [0.4, 0.5) is 11.5 Å². The van der Waals surface area contributed by atoms with Gasteiger partial charge in [-0.2, -0.15) is 0 Å². The van der Waals surface area contributed by atoms with Crippen molar-refractivity contribution in [2.45, 2.75) is 13.8 Å². The minimum Gasteiger partial charge on any atom is -0.455 e. The van der Waals surface area contributed by atoms with E-state index in [0.717, 1.165) is 45.2 Å². The van der Waals surface area contributed by atoms with E-state index in [1.54, 1.807) is 12.5 Å². The summed E-state index contributed by atoms with van der Waals surface area (Å²) in [5.41, 5.74) is 3.84. The van der Waals surface area contributed by atoms with Crippen molar-refractivity contribution in [2.75, 3.05) is 5.32 Å². The van der Waals surface area contributed by atoms with Crippen molar-refractivity contribution in [2.24, 2.45) is 0 Å². The smallest absolute Gasteiger partial charge is 0.145 e. The highest BCUT2D eigenvalue weighted by Gasteiger charge is 2.06. The fourth-order valence-electron chi connectivity index (χ4n) is 2.72. The molecule has 4 rings (SSSR count). The SMILES string of the molecule is Cc1ccc(Oc2ccc(Nc3ncnc4ccccc34)cc2C)cn1. The molecule has 0 saturated carbocycles. The van der Waals surface area contributed by atoms with E-state index < -0.39 is 0 Å². The maximum absolute atomic E-state index is 5.92. The van der Waals surface area contributed by atoms with Crippen molar-refractivity contribution in [3.63, 3.8) is 0 Å². The van der Waals surface area contributed by atoms with E-state index in [0.29, 0.717) is 0 Å². The second-order valence-electron chi connectivity index (χ2n) is 6.08. The molecule has 0 aliphatic carbocycles. The summed E-state index contributed by atoms with van der Waals surface area (Å²) in [6.45, 7) is 3.96. The van der Waals surface area contributed by atoms with E-state index in [-0.39, 0.29) is 0 Å². The summed E-state index contributed by atoms with van der Waals surface area (Å²) < 4.78 is 5.92. The van der Waals surface area contributed by atoms with Gasteiger partial charge in [-0.15, -0.1) is 0 Å². The van der Waals surface area contributed by atoms with E-state index in [1.807, 2.05) is 68.4 Å². The van der Waals surface area contributed by atoms with Crippen LogP contribution in [0.1, 0.15) is 11.3 Å². The van der Waals surface area contributed by atoms with Gasteiger partial charge >= 0.3 is 0 Å². The van der Waals surface area contributed by atoms with E-state index in [4.69, 9.17) is 4.74 Å². The number of para-hydroxylation sites is 1. The fourth-order valence-corrected chi connectivity index (χ4v) is 2.72. The molecule has 0 amide bonds. The van der Waals surface area contributed by atoms with Crippen LogP contribution in [0.25, 0.3) is 10.9 Å². The lowest BCUT2D eigenvalue weighted by Crippen LogP contribution is -1.97.